The number of phenolic OH excluding ortho intramolecular Hbond substituents is 2. The van der Waals surface area contributed by atoms with Gasteiger partial charge in [-0.05, 0) is 30.0 Å². The van der Waals surface area contributed by atoms with E-state index < -0.39 is 6.04 Å². The number of benzene rings is 1. The van der Waals surface area contributed by atoms with Gasteiger partial charge >= 0.3 is 0 Å². The first-order valence-corrected chi connectivity index (χ1v) is 6.52. The number of aromatic hydroxyl groups is 2. The van der Waals surface area contributed by atoms with Gasteiger partial charge in [0.2, 0.25) is 5.91 Å². The highest BCUT2D eigenvalue weighted by Gasteiger charge is 2.20. The smallest absolute Gasteiger partial charge is 0.237 e. The summed E-state index contributed by atoms with van der Waals surface area (Å²) in [7, 11) is 0. The fourth-order valence-corrected chi connectivity index (χ4v) is 1.76. The average molecular weight is 282 g/mol. The maximum Gasteiger partial charge on any atom is 0.237 e. The van der Waals surface area contributed by atoms with E-state index in [4.69, 9.17) is 10.8 Å². The van der Waals surface area contributed by atoms with Gasteiger partial charge in [0.1, 0.15) is 0 Å². The van der Waals surface area contributed by atoms with E-state index >= 15 is 0 Å². The molecule has 6 heteroatoms. The molecule has 0 saturated heterocycles. The van der Waals surface area contributed by atoms with Gasteiger partial charge in [0, 0.05) is 0 Å². The summed E-state index contributed by atoms with van der Waals surface area (Å²) in [5.74, 6) is -0.711. The molecule has 0 fully saturated rings. The van der Waals surface area contributed by atoms with E-state index in [-0.39, 0.29) is 42.4 Å². The summed E-state index contributed by atoms with van der Waals surface area (Å²) in [6.45, 7) is 3.64. The molecule has 0 heterocycles. The molecular formula is C14H22N2O4. The zero-order valence-electron chi connectivity index (χ0n) is 11.7. The molecule has 1 aromatic carbocycles. The first kappa shape index (κ1) is 16.3. The second-order valence-corrected chi connectivity index (χ2v) is 5.18. The van der Waals surface area contributed by atoms with Crippen LogP contribution in [-0.4, -0.2) is 39.9 Å². The minimum Gasteiger partial charge on any atom is -0.504 e. The van der Waals surface area contributed by atoms with Crippen molar-refractivity contribution in [2.45, 2.75) is 32.4 Å². The fraction of sp³-hybridized carbons (Fsp3) is 0.500. The number of nitrogens with one attached hydrogen (secondary N) is 1. The highest BCUT2D eigenvalue weighted by molar-refractivity contribution is 5.82. The molecule has 0 aliphatic rings. The number of carbonyl (C=O) groups is 1. The second-order valence-electron chi connectivity index (χ2n) is 5.18. The van der Waals surface area contributed by atoms with Crippen molar-refractivity contribution in [3.63, 3.8) is 0 Å². The number of aliphatic hydroxyl groups is 1. The molecule has 20 heavy (non-hydrogen) atoms. The SMILES string of the molecule is CC(C)[C@@H](CO)NC(=O)[C@@H](N)Cc1ccc(O)c(O)c1. The van der Waals surface area contributed by atoms with Crippen LogP contribution in [0.5, 0.6) is 11.5 Å². The summed E-state index contributed by atoms with van der Waals surface area (Å²) < 4.78 is 0. The number of rotatable bonds is 6. The van der Waals surface area contributed by atoms with E-state index in [9.17, 15) is 15.0 Å². The predicted octanol–water partition coefficient (Wildman–Crippen LogP) is 0.101. The summed E-state index contributed by atoms with van der Waals surface area (Å²) in [4.78, 5) is 11.9. The number of carbonyl (C=O) groups excluding carboxylic acids is 1. The quantitative estimate of drug-likeness (QED) is 0.475. The number of hydrogen-bond donors (Lipinski definition) is 5. The van der Waals surface area contributed by atoms with Crippen molar-refractivity contribution in [1.29, 1.82) is 0 Å². The van der Waals surface area contributed by atoms with Crippen molar-refractivity contribution in [3.8, 4) is 11.5 Å². The first-order valence-electron chi connectivity index (χ1n) is 6.52. The molecule has 0 saturated carbocycles. The van der Waals surface area contributed by atoms with Crippen LogP contribution in [0.25, 0.3) is 0 Å². The standard InChI is InChI=1S/C14H22N2O4/c1-8(2)11(7-17)16-14(20)10(15)5-9-3-4-12(18)13(19)6-9/h3-4,6,8,10-11,17-19H,5,7,15H2,1-2H3,(H,16,20)/t10-,11+/m0/s1. The van der Waals surface area contributed by atoms with Crippen LogP contribution in [0.3, 0.4) is 0 Å². The summed E-state index contributed by atoms with van der Waals surface area (Å²) in [5.41, 5.74) is 6.45. The van der Waals surface area contributed by atoms with Gasteiger partial charge in [-0.3, -0.25) is 4.79 Å². The molecular weight excluding hydrogens is 260 g/mol. The third-order valence-electron chi connectivity index (χ3n) is 3.16. The predicted molar refractivity (Wildman–Crippen MR) is 75.3 cm³/mol. The Balaban J connectivity index is 2.63. The summed E-state index contributed by atoms with van der Waals surface area (Å²) in [5, 5.41) is 30.4. The van der Waals surface area contributed by atoms with Gasteiger partial charge in [-0.2, -0.15) is 0 Å². The van der Waals surface area contributed by atoms with Gasteiger partial charge < -0.3 is 26.4 Å². The summed E-state index contributed by atoms with van der Waals surface area (Å²) >= 11 is 0. The lowest BCUT2D eigenvalue weighted by Crippen LogP contribution is -2.49. The fourth-order valence-electron chi connectivity index (χ4n) is 1.76. The van der Waals surface area contributed by atoms with E-state index in [1.807, 2.05) is 13.8 Å². The molecule has 0 aliphatic heterocycles. The Labute approximate surface area is 118 Å². The van der Waals surface area contributed by atoms with Crippen LogP contribution in [0.4, 0.5) is 0 Å². The Morgan fingerprint density at radius 3 is 2.45 bits per heavy atom. The minimum absolute atomic E-state index is 0.105. The van der Waals surface area contributed by atoms with E-state index in [1.165, 1.54) is 12.1 Å². The van der Waals surface area contributed by atoms with Gasteiger partial charge in [-0.15, -0.1) is 0 Å². The Kier molecular flexibility index (Phi) is 5.79. The summed E-state index contributed by atoms with van der Waals surface area (Å²) in [6.07, 6.45) is 0.232. The molecule has 0 spiro atoms. The monoisotopic (exact) mass is 282 g/mol. The van der Waals surface area contributed by atoms with Crippen molar-refractivity contribution < 1.29 is 20.1 Å². The van der Waals surface area contributed by atoms with Gasteiger partial charge in [0.25, 0.3) is 0 Å². The van der Waals surface area contributed by atoms with Crippen LogP contribution < -0.4 is 11.1 Å². The number of phenols is 2. The van der Waals surface area contributed by atoms with E-state index in [0.717, 1.165) is 0 Å². The van der Waals surface area contributed by atoms with Crippen LogP contribution >= 0.6 is 0 Å². The molecule has 6 N–H and O–H groups in total. The molecule has 0 aromatic heterocycles. The van der Waals surface area contributed by atoms with E-state index in [1.54, 1.807) is 6.07 Å². The van der Waals surface area contributed by atoms with Crippen molar-refractivity contribution in [2.24, 2.45) is 11.7 Å². The van der Waals surface area contributed by atoms with E-state index in [0.29, 0.717) is 5.56 Å². The molecule has 1 rings (SSSR count). The highest BCUT2D eigenvalue weighted by Crippen LogP contribution is 2.25. The molecule has 1 aromatic rings. The topological polar surface area (TPSA) is 116 Å². The Morgan fingerprint density at radius 1 is 1.30 bits per heavy atom. The number of amides is 1. The first-order chi connectivity index (χ1) is 9.35. The van der Waals surface area contributed by atoms with E-state index in [2.05, 4.69) is 5.32 Å². The minimum atomic E-state index is -0.785. The number of aliphatic hydroxyl groups excluding tert-OH is 1. The van der Waals surface area contributed by atoms with Gasteiger partial charge in [-0.25, -0.2) is 0 Å². The maximum absolute atomic E-state index is 11.9. The second kappa shape index (κ2) is 7.12. The molecule has 112 valence electrons. The Bertz CT molecular complexity index is 462. The number of nitrogens with two attached hydrogens (primary N) is 1. The maximum atomic E-state index is 11.9. The van der Waals surface area contributed by atoms with Gasteiger partial charge in [0.15, 0.2) is 11.5 Å². The van der Waals surface area contributed by atoms with Crippen LogP contribution in [0, 0.1) is 5.92 Å². The normalized spacial score (nSPS) is 14.1. The molecule has 0 aliphatic carbocycles. The van der Waals surface area contributed by atoms with Gasteiger partial charge in [-0.1, -0.05) is 19.9 Å². The zero-order valence-corrected chi connectivity index (χ0v) is 11.7. The Hall–Kier alpha value is -1.79. The summed E-state index contributed by atoms with van der Waals surface area (Å²) in [6, 6.07) is 3.19. The molecule has 1 amide bonds. The van der Waals surface area contributed by atoms with Crippen molar-refractivity contribution >= 4 is 5.91 Å². The van der Waals surface area contributed by atoms with Crippen LogP contribution in [-0.2, 0) is 11.2 Å². The molecule has 0 unspecified atom stereocenters. The lowest BCUT2D eigenvalue weighted by molar-refractivity contribution is -0.123. The lowest BCUT2D eigenvalue weighted by Gasteiger charge is -2.22. The average Bonchev–Trinajstić information content (AvgIpc) is 2.39. The molecule has 0 radical (unpaired) electrons. The highest BCUT2D eigenvalue weighted by atomic mass is 16.3. The molecule has 2 atom stereocenters. The third-order valence-corrected chi connectivity index (χ3v) is 3.16. The van der Waals surface area contributed by atoms with Gasteiger partial charge in [0.05, 0.1) is 18.7 Å². The van der Waals surface area contributed by atoms with Crippen LogP contribution in [0.1, 0.15) is 19.4 Å². The van der Waals surface area contributed by atoms with Crippen molar-refractivity contribution in [1.82, 2.24) is 5.32 Å². The number of hydrogen-bond acceptors (Lipinski definition) is 5. The Morgan fingerprint density at radius 2 is 1.95 bits per heavy atom. The molecule has 0 bridgehead atoms. The van der Waals surface area contributed by atoms with Crippen LogP contribution in [0.2, 0.25) is 0 Å². The van der Waals surface area contributed by atoms with Crippen molar-refractivity contribution in [2.75, 3.05) is 6.61 Å². The van der Waals surface area contributed by atoms with Crippen molar-refractivity contribution in [3.05, 3.63) is 23.8 Å². The zero-order chi connectivity index (χ0) is 15.3. The third kappa shape index (κ3) is 4.40. The van der Waals surface area contributed by atoms with Crippen LogP contribution in [0.15, 0.2) is 18.2 Å². The lowest BCUT2D eigenvalue weighted by atomic mass is 10.0. The molecule has 6 nitrogen and oxygen atoms in total. The largest absolute Gasteiger partial charge is 0.504 e.